The lowest BCUT2D eigenvalue weighted by atomic mass is 9.95. The van der Waals surface area contributed by atoms with Gasteiger partial charge in [-0.3, -0.25) is 0 Å². The molecule has 0 amide bonds. The maximum Gasteiger partial charge on any atom is 0.332 e. The molecule has 1 fully saturated rings. The molecule has 1 aliphatic heterocycles. The molecule has 1 rings (SSSR count). The first kappa shape index (κ1) is 12.3. The number of aliphatic carboxylic acids is 1. The van der Waals surface area contributed by atoms with E-state index in [1.165, 1.54) is 0 Å². The highest BCUT2D eigenvalue weighted by molar-refractivity contribution is 5.72. The summed E-state index contributed by atoms with van der Waals surface area (Å²) in [6, 6.07) is 0. The molecule has 0 aromatic carbocycles. The number of carbonyl (C=O) groups is 1. The minimum absolute atomic E-state index is 0.245. The number of aliphatic hydroxyl groups excluding tert-OH is 4. The van der Waals surface area contributed by atoms with Gasteiger partial charge in [0.1, 0.15) is 18.3 Å². The minimum atomic E-state index is -1.42. The standard InChI is InChI=1S/C8H14O7/c9-2-4(11)7-6(12)3(10)1-5(15-7)8(13)14/h3-7,9-12H,1-2H2,(H,13,14)/t3-,4-,5?,6-,7-/m1/s1. The van der Waals surface area contributed by atoms with E-state index in [0.29, 0.717) is 0 Å². The lowest BCUT2D eigenvalue weighted by Gasteiger charge is -2.37. The van der Waals surface area contributed by atoms with Crippen molar-refractivity contribution in [3.05, 3.63) is 0 Å². The summed E-state index contributed by atoms with van der Waals surface area (Å²) in [5.41, 5.74) is 0. The van der Waals surface area contributed by atoms with E-state index in [9.17, 15) is 20.1 Å². The van der Waals surface area contributed by atoms with Crippen molar-refractivity contribution in [3.8, 4) is 0 Å². The topological polar surface area (TPSA) is 127 Å². The van der Waals surface area contributed by atoms with Crippen molar-refractivity contribution in [3.63, 3.8) is 0 Å². The second-order valence-corrected chi connectivity index (χ2v) is 3.47. The van der Waals surface area contributed by atoms with Crippen molar-refractivity contribution in [2.75, 3.05) is 6.61 Å². The van der Waals surface area contributed by atoms with E-state index in [4.69, 9.17) is 14.9 Å². The summed E-state index contributed by atoms with van der Waals surface area (Å²) in [6.07, 6.45) is -6.93. The molecule has 7 heteroatoms. The Morgan fingerprint density at radius 3 is 2.53 bits per heavy atom. The molecule has 0 aromatic heterocycles. The average Bonchev–Trinajstić information content (AvgIpc) is 2.20. The molecule has 0 saturated carbocycles. The van der Waals surface area contributed by atoms with Gasteiger partial charge in [-0.1, -0.05) is 0 Å². The summed E-state index contributed by atoms with van der Waals surface area (Å²) in [6.45, 7) is -0.680. The molecule has 0 aromatic rings. The third kappa shape index (κ3) is 2.64. The molecule has 0 spiro atoms. The molecule has 1 aliphatic rings. The lowest BCUT2D eigenvalue weighted by molar-refractivity contribution is -0.212. The highest BCUT2D eigenvalue weighted by atomic mass is 16.6. The molecular weight excluding hydrogens is 208 g/mol. The minimum Gasteiger partial charge on any atom is -0.479 e. The summed E-state index contributed by atoms with van der Waals surface area (Å²) >= 11 is 0. The Kier molecular flexibility index (Phi) is 4.00. The zero-order chi connectivity index (χ0) is 11.6. The van der Waals surface area contributed by atoms with Gasteiger partial charge in [0.15, 0.2) is 6.10 Å². The average molecular weight is 222 g/mol. The second-order valence-electron chi connectivity index (χ2n) is 3.47. The normalized spacial score (nSPS) is 38.7. The summed E-state index contributed by atoms with van der Waals surface area (Å²) < 4.78 is 4.86. The van der Waals surface area contributed by atoms with Gasteiger partial charge in [-0.25, -0.2) is 4.79 Å². The van der Waals surface area contributed by atoms with Crippen molar-refractivity contribution in [2.45, 2.75) is 36.9 Å². The molecule has 0 aliphatic carbocycles. The highest BCUT2D eigenvalue weighted by Gasteiger charge is 2.42. The van der Waals surface area contributed by atoms with E-state index in [0.717, 1.165) is 0 Å². The Hall–Kier alpha value is -0.730. The summed E-state index contributed by atoms with van der Waals surface area (Å²) in [7, 11) is 0. The first-order valence-corrected chi connectivity index (χ1v) is 4.50. The number of carboxylic acids is 1. The van der Waals surface area contributed by atoms with Gasteiger partial charge in [0, 0.05) is 6.42 Å². The fourth-order valence-electron chi connectivity index (χ4n) is 1.48. The molecule has 15 heavy (non-hydrogen) atoms. The van der Waals surface area contributed by atoms with Gasteiger partial charge in [-0.2, -0.15) is 0 Å². The van der Waals surface area contributed by atoms with E-state index in [-0.39, 0.29) is 6.42 Å². The predicted molar refractivity (Wildman–Crippen MR) is 46.0 cm³/mol. The van der Waals surface area contributed by atoms with Crippen molar-refractivity contribution in [2.24, 2.45) is 0 Å². The smallest absolute Gasteiger partial charge is 0.332 e. The molecule has 1 heterocycles. The number of aliphatic hydroxyl groups is 4. The van der Waals surface area contributed by atoms with Gasteiger partial charge in [0.05, 0.1) is 12.7 Å². The van der Waals surface area contributed by atoms with Crippen LogP contribution in [0.15, 0.2) is 0 Å². The van der Waals surface area contributed by atoms with E-state index in [1.54, 1.807) is 0 Å². The van der Waals surface area contributed by atoms with Gasteiger partial charge in [0.2, 0.25) is 0 Å². The van der Waals surface area contributed by atoms with E-state index < -0.39 is 43.1 Å². The Morgan fingerprint density at radius 1 is 1.47 bits per heavy atom. The maximum atomic E-state index is 10.6. The van der Waals surface area contributed by atoms with Gasteiger partial charge in [0.25, 0.3) is 0 Å². The number of hydrogen-bond donors (Lipinski definition) is 5. The van der Waals surface area contributed by atoms with Crippen LogP contribution in [0, 0.1) is 0 Å². The second kappa shape index (κ2) is 4.86. The van der Waals surface area contributed by atoms with Crippen LogP contribution in [-0.4, -0.2) is 68.6 Å². The summed E-state index contributed by atoms with van der Waals surface area (Å²) in [5.74, 6) is -1.28. The van der Waals surface area contributed by atoms with E-state index in [1.807, 2.05) is 0 Å². The molecule has 1 unspecified atom stereocenters. The van der Waals surface area contributed by atoms with E-state index in [2.05, 4.69) is 0 Å². The molecule has 7 nitrogen and oxygen atoms in total. The fourth-order valence-corrected chi connectivity index (χ4v) is 1.48. The first-order valence-electron chi connectivity index (χ1n) is 4.50. The van der Waals surface area contributed by atoms with Crippen molar-refractivity contribution in [1.29, 1.82) is 0 Å². The Labute approximate surface area is 85.5 Å². The number of carboxylic acid groups (broad SMARTS) is 1. The summed E-state index contributed by atoms with van der Waals surface area (Å²) in [5, 5.41) is 45.3. The van der Waals surface area contributed by atoms with Gasteiger partial charge in [-0.15, -0.1) is 0 Å². The Morgan fingerprint density at radius 2 is 2.07 bits per heavy atom. The first-order chi connectivity index (χ1) is 6.97. The maximum absolute atomic E-state index is 10.6. The third-order valence-corrected chi connectivity index (χ3v) is 2.35. The van der Waals surface area contributed by atoms with Crippen LogP contribution in [0.2, 0.25) is 0 Å². The SMILES string of the molecule is O=C(O)C1C[C@@H](O)[C@@H](O)[C@@H]([C@H](O)CO)O1. The van der Waals surface area contributed by atoms with Crippen LogP contribution < -0.4 is 0 Å². The van der Waals surface area contributed by atoms with Crippen molar-refractivity contribution >= 4 is 5.97 Å². The Bertz CT molecular complexity index is 231. The highest BCUT2D eigenvalue weighted by Crippen LogP contribution is 2.22. The van der Waals surface area contributed by atoms with Crippen LogP contribution in [0.1, 0.15) is 6.42 Å². The van der Waals surface area contributed by atoms with Gasteiger partial charge in [-0.05, 0) is 0 Å². The summed E-state index contributed by atoms with van der Waals surface area (Å²) in [4.78, 5) is 10.6. The number of ether oxygens (including phenoxy) is 1. The fraction of sp³-hybridized carbons (Fsp3) is 0.875. The molecule has 5 atom stereocenters. The monoisotopic (exact) mass is 222 g/mol. The quantitative estimate of drug-likeness (QED) is 0.351. The number of hydrogen-bond acceptors (Lipinski definition) is 6. The van der Waals surface area contributed by atoms with Crippen LogP contribution >= 0.6 is 0 Å². The zero-order valence-electron chi connectivity index (χ0n) is 7.85. The lowest BCUT2D eigenvalue weighted by Crippen LogP contribution is -2.55. The zero-order valence-corrected chi connectivity index (χ0v) is 7.85. The largest absolute Gasteiger partial charge is 0.479 e. The van der Waals surface area contributed by atoms with Gasteiger partial charge < -0.3 is 30.3 Å². The van der Waals surface area contributed by atoms with Gasteiger partial charge >= 0.3 is 5.97 Å². The van der Waals surface area contributed by atoms with Crippen LogP contribution in [0.5, 0.6) is 0 Å². The predicted octanol–water partition coefficient (Wildman–Crippen LogP) is -2.70. The molecular formula is C8H14O7. The Balaban J connectivity index is 2.72. The van der Waals surface area contributed by atoms with Crippen LogP contribution in [0.4, 0.5) is 0 Å². The third-order valence-electron chi connectivity index (χ3n) is 2.35. The molecule has 0 bridgehead atoms. The molecule has 88 valence electrons. The van der Waals surface area contributed by atoms with Crippen molar-refractivity contribution in [1.82, 2.24) is 0 Å². The molecule has 1 saturated heterocycles. The van der Waals surface area contributed by atoms with Crippen LogP contribution in [0.3, 0.4) is 0 Å². The van der Waals surface area contributed by atoms with Crippen molar-refractivity contribution < 1.29 is 35.1 Å². The van der Waals surface area contributed by atoms with E-state index >= 15 is 0 Å². The molecule has 5 N–H and O–H groups in total. The molecule has 0 radical (unpaired) electrons. The van der Waals surface area contributed by atoms with Crippen LogP contribution in [-0.2, 0) is 9.53 Å². The van der Waals surface area contributed by atoms with Crippen LogP contribution in [0.25, 0.3) is 0 Å². The number of rotatable bonds is 3.